The fourth-order valence-corrected chi connectivity index (χ4v) is 5.06. The third kappa shape index (κ3) is 7.00. The molecular weight excluding hydrogens is 594 g/mol. The van der Waals surface area contributed by atoms with Gasteiger partial charge in [-0.1, -0.05) is 11.6 Å². The van der Waals surface area contributed by atoms with Gasteiger partial charge in [0.15, 0.2) is 6.29 Å². The number of nitrogens with zero attached hydrogens (tertiary/aromatic N) is 9. The molecule has 15 nitrogen and oxygen atoms in total. The Morgan fingerprint density at radius 3 is 2.36 bits per heavy atom. The fourth-order valence-electron chi connectivity index (χ4n) is 4.79. The van der Waals surface area contributed by atoms with Crippen molar-refractivity contribution in [2.24, 2.45) is 7.05 Å². The maximum absolute atomic E-state index is 13.1. The summed E-state index contributed by atoms with van der Waals surface area (Å²) in [5.74, 6) is 0.331. The Bertz CT molecular complexity index is 1640. The van der Waals surface area contributed by atoms with E-state index in [0.29, 0.717) is 47.8 Å². The van der Waals surface area contributed by atoms with Crippen molar-refractivity contribution in [3.8, 4) is 40.6 Å². The Morgan fingerprint density at radius 2 is 1.77 bits per heavy atom. The fraction of sp³-hybridized carbons (Fsp3) is 0.357. The van der Waals surface area contributed by atoms with E-state index in [9.17, 15) is 20.3 Å². The molecule has 0 atom stereocenters. The van der Waals surface area contributed by atoms with Gasteiger partial charge >= 0.3 is 18.1 Å². The van der Waals surface area contributed by atoms with Crippen molar-refractivity contribution in [1.29, 1.82) is 5.26 Å². The van der Waals surface area contributed by atoms with Gasteiger partial charge in [0, 0.05) is 49.0 Å². The number of carbonyl (C=O) groups is 1. The molecule has 16 heteroatoms. The standard InChI is InChI=1S/C28H28ClN9O6/c1-37-14-21(29)25(36-37)24-17(9-30)11-34-27(35-24)44-20-6-4-19(5-7-20)38(28(41)43-15-23(39)40)22-8-3-16(10-31-22)18-12-32-26(42-2)33-13-18/h3,8,10-14,19-20,23,39-40H,4-7,15H2,1-2H3/t19-,20-. The van der Waals surface area contributed by atoms with Crippen molar-refractivity contribution < 1.29 is 29.2 Å². The van der Waals surface area contributed by atoms with Crippen molar-refractivity contribution in [2.75, 3.05) is 18.6 Å². The van der Waals surface area contributed by atoms with Crippen molar-refractivity contribution in [1.82, 2.24) is 34.7 Å². The summed E-state index contributed by atoms with van der Waals surface area (Å²) in [6.07, 6.45) is 7.05. The lowest BCUT2D eigenvalue weighted by Crippen LogP contribution is -2.45. The van der Waals surface area contributed by atoms with Gasteiger partial charge in [-0.15, -0.1) is 0 Å². The summed E-state index contributed by atoms with van der Waals surface area (Å²) in [7, 11) is 3.19. The average Bonchev–Trinajstić information content (AvgIpc) is 3.38. The predicted octanol–water partition coefficient (Wildman–Crippen LogP) is 2.91. The maximum atomic E-state index is 13.1. The summed E-state index contributed by atoms with van der Waals surface area (Å²) in [4.78, 5) is 35.8. The first-order valence-corrected chi connectivity index (χ1v) is 13.9. The third-order valence-corrected chi connectivity index (χ3v) is 7.14. The second kappa shape index (κ2) is 13.6. The van der Waals surface area contributed by atoms with E-state index < -0.39 is 19.0 Å². The molecule has 1 aliphatic rings. The number of nitriles is 1. The summed E-state index contributed by atoms with van der Waals surface area (Å²) in [5, 5.41) is 32.7. The van der Waals surface area contributed by atoms with Crippen LogP contribution in [0.4, 0.5) is 10.6 Å². The molecule has 5 rings (SSSR count). The van der Waals surface area contributed by atoms with E-state index in [0.717, 1.165) is 5.56 Å². The number of aliphatic hydroxyl groups is 2. The molecule has 0 unspecified atom stereocenters. The number of ether oxygens (including phenoxy) is 3. The second-order valence-corrected chi connectivity index (χ2v) is 10.3. The van der Waals surface area contributed by atoms with Crippen LogP contribution in [0.1, 0.15) is 31.2 Å². The second-order valence-electron chi connectivity index (χ2n) is 9.87. The smallest absolute Gasteiger partial charge is 0.415 e. The summed E-state index contributed by atoms with van der Waals surface area (Å²) < 4.78 is 17.7. The van der Waals surface area contributed by atoms with Gasteiger partial charge in [0.25, 0.3) is 0 Å². The quantitative estimate of drug-likeness (QED) is 0.259. The van der Waals surface area contributed by atoms with Gasteiger partial charge in [-0.3, -0.25) is 9.58 Å². The van der Waals surface area contributed by atoms with Crippen molar-refractivity contribution >= 4 is 23.5 Å². The van der Waals surface area contributed by atoms with Gasteiger partial charge in [0.2, 0.25) is 0 Å². The summed E-state index contributed by atoms with van der Waals surface area (Å²) in [6.45, 7) is -0.590. The summed E-state index contributed by atoms with van der Waals surface area (Å²) in [5.41, 5.74) is 2.26. The Morgan fingerprint density at radius 1 is 1.07 bits per heavy atom. The molecule has 0 saturated heterocycles. The number of aromatic nitrogens is 7. The minimum Gasteiger partial charge on any atom is -0.467 e. The first-order chi connectivity index (χ1) is 21.2. The number of hydrogen-bond donors (Lipinski definition) is 2. The van der Waals surface area contributed by atoms with Crippen LogP contribution >= 0.6 is 11.6 Å². The average molecular weight is 622 g/mol. The Balaban J connectivity index is 1.30. The number of rotatable bonds is 9. The van der Waals surface area contributed by atoms with E-state index in [4.69, 9.17) is 25.8 Å². The highest BCUT2D eigenvalue weighted by Gasteiger charge is 2.33. The highest BCUT2D eigenvalue weighted by molar-refractivity contribution is 6.33. The van der Waals surface area contributed by atoms with Gasteiger partial charge in [0.05, 0.1) is 23.9 Å². The SMILES string of the molecule is COc1ncc(-c2ccc(N(C(=O)OCC(O)O)[C@H]3CC[C@H](Oc4ncc(C#N)c(-c5nn(C)cc5Cl)n4)CC3)nc2)cn1. The largest absolute Gasteiger partial charge is 0.467 e. The van der Waals surface area contributed by atoms with E-state index in [1.54, 1.807) is 44.0 Å². The number of hydrogen-bond acceptors (Lipinski definition) is 13. The zero-order valence-electron chi connectivity index (χ0n) is 23.7. The molecule has 0 bridgehead atoms. The normalized spacial score (nSPS) is 16.3. The molecule has 1 amide bonds. The molecule has 2 N–H and O–H groups in total. The number of amides is 1. The summed E-state index contributed by atoms with van der Waals surface area (Å²) >= 11 is 6.29. The van der Waals surface area contributed by atoms with Gasteiger partial charge in [-0.2, -0.15) is 15.3 Å². The minimum absolute atomic E-state index is 0.0807. The lowest BCUT2D eigenvalue weighted by atomic mass is 9.92. The molecule has 1 fully saturated rings. The van der Waals surface area contributed by atoms with E-state index in [2.05, 4.69) is 36.1 Å². The van der Waals surface area contributed by atoms with Crippen LogP contribution in [0.25, 0.3) is 22.5 Å². The zero-order chi connectivity index (χ0) is 31.2. The molecule has 0 aromatic carbocycles. The molecular formula is C28H28ClN9O6. The first-order valence-electron chi connectivity index (χ1n) is 13.5. The van der Waals surface area contributed by atoms with Crippen molar-refractivity contribution in [3.05, 3.63) is 53.7 Å². The number of methoxy groups -OCH3 is 1. The van der Waals surface area contributed by atoms with Gasteiger partial charge in [-0.05, 0) is 37.8 Å². The highest BCUT2D eigenvalue weighted by Crippen LogP contribution is 2.32. The number of pyridine rings is 1. The van der Waals surface area contributed by atoms with Crippen molar-refractivity contribution in [2.45, 2.75) is 44.1 Å². The Labute approximate surface area is 256 Å². The lowest BCUT2D eigenvalue weighted by molar-refractivity contribution is -0.0770. The minimum atomic E-state index is -1.81. The molecule has 44 heavy (non-hydrogen) atoms. The van der Waals surface area contributed by atoms with E-state index in [1.165, 1.54) is 22.9 Å². The lowest BCUT2D eigenvalue weighted by Gasteiger charge is -2.35. The van der Waals surface area contributed by atoms with E-state index in [1.807, 2.05) is 0 Å². The van der Waals surface area contributed by atoms with Crippen LogP contribution in [0.3, 0.4) is 0 Å². The monoisotopic (exact) mass is 621 g/mol. The number of carbonyl (C=O) groups excluding carboxylic acids is 1. The topological polar surface area (TPSA) is 195 Å². The van der Waals surface area contributed by atoms with Gasteiger partial charge in [-0.25, -0.2) is 24.7 Å². The summed E-state index contributed by atoms with van der Waals surface area (Å²) in [6, 6.07) is 5.51. The van der Waals surface area contributed by atoms with E-state index >= 15 is 0 Å². The molecule has 0 spiro atoms. The van der Waals surface area contributed by atoms with Gasteiger partial charge < -0.3 is 24.4 Å². The van der Waals surface area contributed by atoms with Crippen LogP contribution in [0.2, 0.25) is 5.02 Å². The van der Waals surface area contributed by atoms with Crippen LogP contribution in [-0.2, 0) is 11.8 Å². The molecule has 0 aliphatic heterocycles. The first kappa shape index (κ1) is 30.5. The number of aliphatic hydroxyl groups excluding tert-OH is 1. The molecule has 4 aromatic rings. The van der Waals surface area contributed by atoms with Crippen LogP contribution < -0.4 is 14.4 Å². The van der Waals surface area contributed by atoms with Crippen LogP contribution in [0.5, 0.6) is 12.0 Å². The highest BCUT2D eigenvalue weighted by atomic mass is 35.5. The Kier molecular flexibility index (Phi) is 9.44. The zero-order valence-corrected chi connectivity index (χ0v) is 24.5. The van der Waals surface area contributed by atoms with Crippen LogP contribution in [0, 0.1) is 11.3 Å². The Hall–Kier alpha value is -4.91. The maximum Gasteiger partial charge on any atom is 0.415 e. The number of aryl methyl sites for hydroxylation is 1. The van der Waals surface area contributed by atoms with Crippen molar-refractivity contribution in [3.63, 3.8) is 0 Å². The predicted molar refractivity (Wildman–Crippen MR) is 154 cm³/mol. The third-order valence-electron chi connectivity index (χ3n) is 6.87. The van der Waals surface area contributed by atoms with Gasteiger partial charge in [0.1, 0.15) is 36.0 Å². The molecule has 4 aromatic heterocycles. The van der Waals surface area contributed by atoms with Crippen LogP contribution in [0.15, 0.2) is 43.1 Å². The van der Waals surface area contributed by atoms with Crippen LogP contribution in [-0.4, -0.2) is 83.2 Å². The number of halogens is 1. The van der Waals surface area contributed by atoms with E-state index in [-0.39, 0.29) is 35.4 Å². The molecule has 0 radical (unpaired) electrons. The molecule has 4 heterocycles. The molecule has 1 saturated carbocycles. The molecule has 228 valence electrons. The number of anilines is 1. The molecule has 1 aliphatic carbocycles.